The molecule has 0 radical (unpaired) electrons. The van der Waals surface area contributed by atoms with Gasteiger partial charge in [0, 0.05) is 25.4 Å². The van der Waals surface area contributed by atoms with E-state index in [-0.39, 0.29) is 5.82 Å². The topological polar surface area (TPSA) is 34.2 Å². The molecule has 2 aliphatic rings. The molecule has 1 saturated carbocycles. The van der Waals surface area contributed by atoms with Gasteiger partial charge in [0.05, 0.1) is 12.3 Å². The van der Waals surface area contributed by atoms with Gasteiger partial charge in [-0.15, -0.1) is 0 Å². The molecule has 1 N–H and O–H groups in total. The van der Waals surface area contributed by atoms with E-state index in [2.05, 4.69) is 10.3 Å². The Morgan fingerprint density at radius 1 is 1.35 bits per heavy atom. The minimum absolute atomic E-state index is 0.272. The van der Waals surface area contributed by atoms with E-state index in [0.717, 1.165) is 24.5 Å². The minimum atomic E-state index is -0.272. The molecule has 2 fully saturated rings. The lowest BCUT2D eigenvalue weighted by Crippen LogP contribution is -2.37. The third-order valence-electron chi connectivity index (χ3n) is 3.55. The Bertz CT molecular complexity index is 395. The van der Waals surface area contributed by atoms with Crippen molar-refractivity contribution in [2.24, 2.45) is 5.92 Å². The van der Waals surface area contributed by atoms with Crippen molar-refractivity contribution in [1.29, 1.82) is 0 Å². The summed E-state index contributed by atoms with van der Waals surface area (Å²) in [7, 11) is 0. The van der Waals surface area contributed by atoms with E-state index in [4.69, 9.17) is 4.74 Å². The predicted molar refractivity (Wildman–Crippen MR) is 61.9 cm³/mol. The van der Waals surface area contributed by atoms with Crippen LogP contribution in [0.5, 0.6) is 0 Å². The number of hydrogen-bond acceptors (Lipinski definition) is 3. The van der Waals surface area contributed by atoms with E-state index < -0.39 is 0 Å². The summed E-state index contributed by atoms with van der Waals surface area (Å²) in [5.41, 5.74) is 0.895. The second-order valence-corrected chi connectivity index (χ2v) is 4.96. The van der Waals surface area contributed by atoms with E-state index in [1.54, 1.807) is 6.20 Å². The van der Waals surface area contributed by atoms with Crippen molar-refractivity contribution in [3.8, 4) is 0 Å². The van der Waals surface area contributed by atoms with Crippen molar-refractivity contribution < 1.29 is 9.13 Å². The summed E-state index contributed by atoms with van der Waals surface area (Å²) in [6, 6.07) is 1.95. The van der Waals surface area contributed by atoms with Gasteiger partial charge in [0.15, 0.2) is 0 Å². The number of nitrogens with zero attached hydrogens (tertiary/aromatic N) is 1. The second-order valence-electron chi connectivity index (χ2n) is 4.96. The van der Waals surface area contributed by atoms with Gasteiger partial charge in [-0.3, -0.25) is 4.98 Å². The summed E-state index contributed by atoms with van der Waals surface area (Å²) in [5, 5.41) is 3.46. The third-order valence-corrected chi connectivity index (χ3v) is 3.55. The van der Waals surface area contributed by atoms with Gasteiger partial charge < -0.3 is 10.1 Å². The van der Waals surface area contributed by atoms with Crippen LogP contribution in [0, 0.1) is 11.7 Å². The highest BCUT2D eigenvalue weighted by Crippen LogP contribution is 2.38. The molecular weight excluding hydrogens is 219 g/mol. The lowest BCUT2D eigenvalue weighted by atomic mass is 10.1. The minimum Gasteiger partial charge on any atom is -0.376 e. The highest BCUT2D eigenvalue weighted by molar-refractivity contribution is 5.10. The molecule has 2 atom stereocenters. The van der Waals surface area contributed by atoms with Crippen molar-refractivity contribution in [2.75, 3.05) is 6.61 Å². The molecule has 2 heterocycles. The lowest BCUT2D eigenvalue weighted by molar-refractivity contribution is 0.0809. The van der Waals surface area contributed by atoms with Crippen molar-refractivity contribution in [3.05, 3.63) is 29.8 Å². The molecule has 1 aliphatic heterocycles. The average Bonchev–Trinajstić information content (AvgIpc) is 3.06. The van der Waals surface area contributed by atoms with Gasteiger partial charge in [0.2, 0.25) is 0 Å². The van der Waals surface area contributed by atoms with E-state index in [1.807, 2.05) is 0 Å². The fraction of sp³-hybridized carbons (Fsp3) is 0.615. The molecule has 1 saturated heterocycles. The Balaban J connectivity index is 1.56. The van der Waals surface area contributed by atoms with Crippen LogP contribution in [0.25, 0.3) is 0 Å². The zero-order valence-electron chi connectivity index (χ0n) is 9.73. The molecule has 3 nitrogen and oxygen atoms in total. The quantitative estimate of drug-likeness (QED) is 0.866. The summed E-state index contributed by atoms with van der Waals surface area (Å²) in [5.74, 6) is 0.478. The number of ether oxygens (including phenoxy) is 1. The van der Waals surface area contributed by atoms with Crippen molar-refractivity contribution in [2.45, 2.75) is 38.0 Å². The first-order valence-electron chi connectivity index (χ1n) is 6.27. The second kappa shape index (κ2) is 4.70. The lowest BCUT2D eigenvalue weighted by Gasteiger charge is -2.19. The molecule has 4 heteroatoms. The smallest absolute Gasteiger partial charge is 0.141 e. The molecule has 0 bridgehead atoms. The number of nitrogens with one attached hydrogen (secondary N) is 1. The van der Waals surface area contributed by atoms with Gasteiger partial charge >= 0.3 is 0 Å². The first-order valence-corrected chi connectivity index (χ1v) is 6.27. The Hall–Kier alpha value is -1.00. The van der Waals surface area contributed by atoms with Crippen LogP contribution < -0.4 is 5.32 Å². The summed E-state index contributed by atoms with van der Waals surface area (Å²) in [6.07, 6.45) is 6.96. The molecular formula is C13H17FN2O. The number of halogens is 1. The third kappa shape index (κ3) is 2.64. The Morgan fingerprint density at radius 3 is 3.00 bits per heavy atom. The fourth-order valence-corrected chi connectivity index (χ4v) is 2.52. The molecule has 92 valence electrons. The molecule has 1 aliphatic carbocycles. The molecule has 1 aromatic heterocycles. The van der Waals surface area contributed by atoms with Gasteiger partial charge in [-0.2, -0.15) is 0 Å². The first-order chi connectivity index (χ1) is 8.33. The van der Waals surface area contributed by atoms with Crippen LogP contribution in [0.15, 0.2) is 18.5 Å². The van der Waals surface area contributed by atoms with E-state index in [1.165, 1.54) is 25.1 Å². The predicted octanol–water partition coefficient (Wildman–Crippen LogP) is 1.88. The number of rotatable bonds is 4. The molecule has 0 aromatic carbocycles. The van der Waals surface area contributed by atoms with Gasteiger partial charge in [0.1, 0.15) is 5.82 Å². The molecule has 17 heavy (non-hydrogen) atoms. The zero-order valence-corrected chi connectivity index (χ0v) is 9.73. The highest BCUT2D eigenvalue weighted by atomic mass is 19.1. The van der Waals surface area contributed by atoms with Gasteiger partial charge in [-0.05, 0) is 36.8 Å². The number of hydrogen-bond donors (Lipinski definition) is 1. The van der Waals surface area contributed by atoms with Crippen LogP contribution >= 0.6 is 0 Å². The van der Waals surface area contributed by atoms with Gasteiger partial charge in [-0.25, -0.2) is 4.39 Å². The van der Waals surface area contributed by atoms with E-state index >= 15 is 0 Å². The standard InChI is InChI=1S/C13H17FN2O/c14-11-5-9(6-15-8-11)7-16-12-3-4-17-13(12)10-1-2-10/h5-6,8,10,12-13,16H,1-4,7H2. The number of aromatic nitrogens is 1. The highest BCUT2D eigenvalue weighted by Gasteiger charge is 2.40. The van der Waals surface area contributed by atoms with Gasteiger partial charge in [-0.1, -0.05) is 0 Å². The fourth-order valence-electron chi connectivity index (χ4n) is 2.52. The zero-order chi connectivity index (χ0) is 11.7. The van der Waals surface area contributed by atoms with Crippen LogP contribution in [0.3, 0.4) is 0 Å². The van der Waals surface area contributed by atoms with Crippen LogP contribution in [-0.2, 0) is 11.3 Å². The van der Waals surface area contributed by atoms with E-state index in [0.29, 0.717) is 18.7 Å². The average molecular weight is 236 g/mol. The van der Waals surface area contributed by atoms with Crippen LogP contribution in [-0.4, -0.2) is 23.7 Å². The maximum absolute atomic E-state index is 13.0. The van der Waals surface area contributed by atoms with Gasteiger partial charge in [0.25, 0.3) is 0 Å². The summed E-state index contributed by atoms with van der Waals surface area (Å²) < 4.78 is 18.7. The van der Waals surface area contributed by atoms with Crippen molar-refractivity contribution >= 4 is 0 Å². The molecule has 1 aromatic rings. The molecule has 0 amide bonds. The summed E-state index contributed by atoms with van der Waals surface area (Å²) in [6.45, 7) is 1.52. The largest absolute Gasteiger partial charge is 0.376 e. The maximum Gasteiger partial charge on any atom is 0.141 e. The monoisotopic (exact) mass is 236 g/mol. The summed E-state index contributed by atoms with van der Waals surface area (Å²) in [4.78, 5) is 3.85. The normalized spacial score (nSPS) is 28.5. The maximum atomic E-state index is 13.0. The number of pyridine rings is 1. The Labute approximate surface area is 100 Å². The van der Waals surface area contributed by atoms with Crippen molar-refractivity contribution in [1.82, 2.24) is 10.3 Å². The van der Waals surface area contributed by atoms with Crippen LogP contribution in [0.4, 0.5) is 4.39 Å². The van der Waals surface area contributed by atoms with Crippen LogP contribution in [0.2, 0.25) is 0 Å². The molecule has 2 unspecified atom stereocenters. The van der Waals surface area contributed by atoms with E-state index in [9.17, 15) is 4.39 Å². The Morgan fingerprint density at radius 2 is 2.24 bits per heavy atom. The molecule has 3 rings (SSSR count). The van der Waals surface area contributed by atoms with Crippen LogP contribution in [0.1, 0.15) is 24.8 Å². The first kappa shape index (κ1) is 11.1. The summed E-state index contributed by atoms with van der Waals surface area (Å²) >= 11 is 0. The molecule has 0 spiro atoms. The Kier molecular flexibility index (Phi) is 3.07. The SMILES string of the molecule is Fc1cncc(CNC2CCOC2C2CC2)c1. The van der Waals surface area contributed by atoms with Crippen molar-refractivity contribution in [3.63, 3.8) is 0 Å².